The minimum Gasteiger partial charge on any atom is -0.506 e. The number of para-hydroxylation sites is 1. The third-order valence-corrected chi connectivity index (χ3v) is 3.42. The summed E-state index contributed by atoms with van der Waals surface area (Å²) in [6, 6.07) is 11.9. The van der Waals surface area contributed by atoms with Crippen LogP contribution in [-0.4, -0.2) is 16.0 Å². The van der Waals surface area contributed by atoms with Crippen molar-refractivity contribution in [3.63, 3.8) is 0 Å². The third kappa shape index (κ3) is 2.71. The Labute approximate surface area is 130 Å². The van der Waals surface area contributed by atoms with Crippen LogP contribution in [0.3, 0.4) is 0 Å². The number of nitrogens with one attached hydrogen (secondary N) is 1. The smallest absolute Gasteiger partial charge is 0.274 e. The average Bonchev–Trinajstić information content (AvgIpc) is 2.50. The predicted molar refractivity (Wildman–Crippen MR) is 82.8 cm³/mol. The molecule has 0 aliphatic carbocycles. The van der Waals surface area contributed by atoms with Gasteiger partial charge in [-0.1, -0.05) is 29.8 Å². The summed E-state index contributed by atoms with van der Waals surface area (Å²) in [5.74, 6) is -0.998. The second-order valence-electron chi connectivity index (χ2n) is 4.62. The number of phenolic OH excluding ortho intramolecular Hbond substituents is 1. The number of carbonyl (C=O) groups excluding carboxylic acids is 1. The Morgan fingerprint density at radius 3 is 2.77 bits per heavy atom. The van der Waals surface area contributed by atoms with Crippen molar-refractivity contribution in [1.29, 1.82) is 0 Å². The number of carbonyl (C=O) groups is 1. The van der Waals surface area contributed by atoms with E-state index in [9.17, 15) is 14.3 Å². The van der Waals surface area contributed by atoms with Crippen LogP contribution in [0.4, 0.5) is 10.1 Å². The average molecular weight is 317 g/mol. The van der Waals surface area contributed by atoms with Crippen molar-refractivity contribution in [2.75, 3.05) is 5.32 Å². The zero-order valence-corrected chi connectivity index (χ0v) is 11.9. The minimum absolute atomic E-state index is 0.00744. The van der Waals surface area contributed by atoms with E-state index in [1.807, 2.05) is 0 Å². The lowest BCUT2D eigenvalue weighted by Crippen LogP contribution is -2.14. The van der Waals surface area contributed by atoms with Crippen LogP contribution in [0.2, 0.25) is 5.02 Å². The number of phenols is 1. The second kappa shape index (κ2) is 5.61. The summed E-state index contributed by atoms with van der Waals surface area (Å²) >= 11 is 5.87. The highest BCUT2D eigenvalue weighted by Crippen LogP contribution is 2.25. The number of rotatable bonds is 2. The highest BCUT2D eigenvalue weighted by Gasteiger charge is 2.12. The number of halogens is 2. The van der Waals surface area contributed by atoms with Crippen LogP contribution in [0.25, 0.3) is 10.9 Å². The van der Waals surface area contributed by atoms with Crippen LogP contribution in [0.15, 0.2) is 48.5 Å². The van der Waals surface area contributed by atoms with E-state index in [4.69, 9.17) is 11.6 Å². The first-order chi connectivity index (χ1) is 10.5. The van der Waals surface area contributed by atoms with Gasteiger partial charge in [-0.15, -0.1) is 0 Å². The molecule has 4 nitrogen and oxygen atoms in total. The van der Waals surface area contributed by atoms with E-state index in [0.717, 1.165) is 11.5 Å². The molecule has 1 amide bonds. The zero-order valence-electron chi connectivity index (χ0n) is 11.2. The SMILES string of the molecule is O=C(Nc1ccc(F)cc1Cl)c1ccc2cccc(O)c2n1. The van der Waals surface area contributed by atoms with E-state index >= 15 is 0 Å². The summed E-state index contributed by atoms with van der Waals surface area (Å²) in [6.07, 6.45) is 0. The van der Waals surface area contributed by atoms with Crippen LogP contribution in [0.1, 0.15) is 10.5 Å². The predicted octanol–water partition coefficient (Wildman–Crippen LogP) is 3.99. The van der Waals surface area contributed by atoms with Gasteiger partial charge in [0.2, 0.25) is 0 Å². The molecule has 0 aliphatic rings. The van der Waals surface area contributed by atoms with Gasteiger partial charge in [-0.25, -0.2) is 9.37 Å². The Morgan fingerprint density at radius 1 is 1.18 bits per heavy atom. The lowest BCUT2D eigenvalue weighted by Gasteiger charge is -2.08. The highest BCUT2D eigenvalue weighted by molar-refractivity contribution is 6.33. The molecule has 0 aliphatic heterocycles. The molecule has 0 radical (unpaired) electrons. The van der Waals surface area contributed by atoms with Gasteiger partial charge in [0.1, 0.15) is 22.8 Å². The molecule has 0 spiro atoms. The number of amides is 1. The number of nitrogens with zero attached hydrogens (tertiary/aromatic N) is 1. The number of pyridine rings is 1. The van der Waals surface area contributed by atoms with Crippen molar-refractivity contribution in [1.82, 2.24) is 4.98 Å². The van der Waals surface area contributed by atoms with E-state index in [1.165, 1.54) is 24.3 Å². The molecule has 22 heavy (non-hydrogen) atoms. The van der Waals surface area contributed by atoms with Crippen molar-refractivity contribution < 1.29 is 14.3 Å². The van der Waals surface area contributed by atoms with E-state index in [-0.39, 0.29) is 22.2 Å². The number of anilines is 1. The van der Waals surface area contributed by atoms with Gasteiger partial charge in [-0.05, 0) is 30.3 Å². The van der Waals surface area contributed by atoms with Crippen LogP contribution in [0.5, 0.6) is 5.75 Å². The van der Waals surface area contributed by atoms with Gasteiger partial charge in [0.15, 0.2) is 0 Å². The molecule has 1 heterocycles. The van der Waals surface area contributed by atoms with Crippen molar-refractivity contribution >= 4 is 34.1 Å². The monoisotopic (exact) mass is 316 g/mol. The molecule has 2 N–H and O–H groups in total. The van der Waals surface area contributed by atoms with E-state index in [2.05, 4.69) is 10.3 Å². The normalized spacial score (nSPS) is 10.6. The van der Waals surface area contributed by atoms with Crippen LogP contribution >= 0.6 is 11.6 Å². The molecule has 0 bridgehead atoms. The number of benzene rings is 2. The first kappa shape index (κ1) is 14.3. The maximum atomic E-state index is 13.0. The number of aromatic nitrogens is 1. The van der Waals surface area contributed by atoms with Gasteiger partial charge in [-0.2, -0.15) is 0 Å². The molecule has 0 fully saturated rings. The molecule has 3 aromatic rings. The van der Waals surface area contributed by atoms with Gasteiger partial charge in [0, 0.05) is 5.39 Å². The Kier molecular flexibility index (Phi) is 3.65. The quantitative estimate of drug-likeness (QED) is 0.751. The first-order valence-electron chi connectivity index (χ1n) is 6.40. The van der Waals surface area contributed by atoms with E-state index < -0.39 is 11.7 Å². The topological polar surface area (TPSA) is 62.2 Å². The zero-order chi connectivity index (χ0) is 15.7. The van der Waals surface area contributed by atoms with Gasteiger partial charge < -0.3 is 10.4 Å². The van der Waals surface area contributed by atoms with Gasteiger partial charge in [0.05, 0.1) is 10.7 Å². The summed E-state index contributed by atoms with van der Waals surface area (Å²) in [7, 11) is 0. The number of hydrogen-bond acceptors (Lipinski definition) is 3. The molecule has 0 unspecified atom stereocenters. The Morgan fingerprint density at radius 2 is 2.00 bits per heavy atom. The van der Waals surface area contributed by atoms with Crippen molar-refractivity contribution in [2.45, 2.75) is 0 Å². The molecule has 1 aromatic heterocycles. The summed E-state index contributed by atoms with van der Waals surface area (Å²) in [6.45, 7) is 0. The fourth-order valence-electron chi connectivity index (χ4n) is 2.04. The van der Waals surface area contributed by atoms with Crippen molar-refractivity contribution in [2.24, 2.45) is 0 Å². The largest absolute Gasteiger partial charge is 0.506 e. The van der Waals surface area contributed by atoms with E-state index in [0.29, 0.717) is 5.52 Å². The van der Waals surface area contributed by atoms with Crippen molar-refractivity contribution in [3.05, 3.63) is 65.1 Å². The maximum absolute atomic E-state index is 13.0. The maximum Gasteiger partial charge on any atom is 0.274 e. The minimum atomic E-state index is -0.501. The molecule has 0 saturated carbocycles. The number of aromatic hydroxyl groups is 1. The molecular formula is C16H10ClFN2O2. The fourth-order valence-corrected chi connectivity index (χ4v) is 2.25. The molecular weight excluding hydrogens is 307 g/mol. The molecule has 2 aromatic carbocycles. The van der Waals surface area contributed by atoms with Crippen molar-refractivity contribution in [3.8, 4) is 5.75 Å². The summed E-state index contributed by atoms with van der Waals surface area (Å²) in [4.78, 5) is 16.3. The fraction of sp³-hybridized carbons (Fsp3) is 0. The lowest BCUT2D eigenvalue weighted by molar-refractivity contribution is 0.102. The van der Waals surface area contributed by atoms with Crippen LogP contribution in [-0.2, 0) is 0 Å². The third-order valence-electron chi connectivity index (χ3n) is 3.11. The molecule has 110 valence electrons. The summed E-state index contributed by atoms with van der Waals surface area (Å²) < 4.78 is 13.0. The molecule has 6 heteroatoms. The Bertz CT molecular complexity index is 883. The Balaban J connectivity index is 1.93. The van der Waals surface area contributed by atoms with Gasteiger partial charge >= 0.3 is 0 Å². The van der Waals surface area contributed by atoms with E-state index in [1.54, 1.807) is 18.2 Å². The molecule has 0 saturated heterocycles. The first-order valence-corrected chi connectivity index (χ1v) is 6.77. The highest BCUT2D eigenvalue weighted by atomic mass is 35.5. The summed E-state index contributed by atoms with van der Waals surface area (Å²) in [5, 5.41) is 13.2. The second-order valence-corrected chi connectivity index (χ2v) is 5.03. The van der Waals surface area contributed by atoms with Gasteiger partial charge in [-0.3, -0.25) is 4.79 Å². The molecule has 0 atom stereocenters. The Hall–Kier alpha value is -2.66. The summed E-state index contributed by atoms with van der Waals surface area (Å²) in [5.41, 5.74) is 0.738. The van der Waals surface area contributed by atoms with Crippen LogP contribution in [0, 0.1) is 5.82 Å². The molecule has 3 rings (SSSR count). The standard InChI is InChI=1S/C16H10ClFN2O2/c17-11-8-10(18)5-7-12(11)20-16(22)13-6-4-9-2-1-3-14(21)15(9)19-13/h1-8,21H,(H,20,22). The lowest BCUT2D eigenvalue weighted by atomic mass is 10.2. The van der Waals surface area contributed by atoms with Gasteiger partial charge in [0.25, 0.3) is 5.91 Å². The van der Waals surface area contributed by atoms with Crippen LogP contribution < -0.4 is 5.32 Å². The number of fused-ring (bicyclic) bond motifs is 1. The number of hydrogen-bond donors (Lipinski definition) is 2.